The molecule has 4 amide bonds. The molecule has 0 aliphatic carbocycles. The van der Waals surface area contributed by atoms with E-state index in [9.17, 15) is 19.2 Å². The number of rotatable bonds is 15. The second kappa shape index (κ2) is 17.9. The Balaban J connectivity index is 3.41. The van der Waals surface area contributed by atoms with E-state index in [2.05, 4.69) is 30.7 Å². The zero-order chi connectivity index (χ0) is 21.0. The molecule has 10 heteroatoms. The van der Waals surface area contributed by atoms with E-state index in [4.69, 9.17) is 0 Å². The Kier molecular flexibility index (Phi) is 16.3. The number of hydrogen-bond acceptors (Lipinski definition) is 6. The number of alkyl carbamates (subject to hydrolysis) is 2. The standard InChI is InChI=1S/C18H34N4O6/c1-27-17(25)21-13-7-5-11-19-15(23)9-3-4-10-16(24)20-12-6-8-14-22-18(26)28-2/h3-14H2,1-2H3,(H,19,23)(H,20,24)(H,21,25)(H,22,26). The summed E-state index contributed by atoms with van der Waals surface area (Å²) in [5, 5.41) is 10.8. The van der Waals surface area contributed by atoms with E-state index in [1.54, 1.807) is 0 Å². The van der Waals surface area contributed by atoms with Crippen LogP contribution in [-0.2, 0) is 19.1 Å². The van der Waals surface area contributed by atoms with Crippen LogP contribution >= 0.6 is 0 Å². The van der Waals surface area contributed by atoms with Crippen LogP contribution in [0.25, 0.3) is 0 Å². The molecule has 0 fully saturated rings. The maximum atomic E-state index is 11.7. The molecule has 0 unspecified atom stereocenters. The van der Waals surface area contributed by atoms with E-state index in [-0.39, 0.29) is 11.8 Å². The van der Waals surface area contributed by atoms with Gasteiger partial charge in [0.2, 0.25) is 11.8 Å². The third-order valence-electron chi connectivity index (χ3n) is 3.82. The Morgan fingerprint density at radius 1 is 0.536 bits per heavy atom. The van der Waals surface area contributed by atoms with E-state index in [1.807, 2.05) is 0 Å². The van der Waals surface area contributed by atoms with Crippen LogP contribution in [0.4, 0.5) is 9.59 Å². The molecule has 0 saturated carbocycles. The molecule has 0 radical (unpaired) electrons. The van der Waals surface area contributed by atoms with Gasteiger partial charge in [-0.3, -0.25) is 9.59 Å². The second-order valence-corrected chi connectivity index (χ2v) is 6.16. The summed E-state index contributed by atoms with van der Waals surface area (Å²) in [6.07, 6.45) is 4.26. The van der Waals surface area contributed by atoms with Gasteiger partial charge in [0.1, 0.15) is 0 Å². The van der Waals surface area contributed by atoms with Crippen molar-refractivity contribution < 1.29 is 28.7 Å². The number of carbonyl (C=O) groups excluding carboxylic acids is 4. The van der Waals surface area contributed by atoms with Gasteiger partial charge in [0.15, 0.2) is 0 Å². The van der Waals surface area contributed by atoms with Crippen LogP contribution in [0.5, 0.6) is 0 Å². The number of methoxy groups -OCH3 is 2. The lowest BCUT2D eigenvalue weighted by molar-refractivity contribution is -0.123. The Morgan fingerprint density at radius 3 is 1.18 bits per heavy atom. The van der Waals surface area contributed by atoms with E-state index in [0.29, 0.717) is 51.9 Å². The molecule has 4 N–H and O–H groups in total. The molecule has 0 heterocycles. The summed E-state index contributed by atoms with van der Waals surface area (Å²) in [5.41, 5.74) is 0. The van der Waals surface area contributed by atoms with Gasteiger partial charge in [0.05, 0.1) is 14.2 Å². The van der Waals surface area contributed by atoms with Crippen molar-refractivity contribution in [2.45, 2.75) is 51.4 Å². The van der Waals surface area contributed by atoms with Crippen molar-refractivity contribution in [2.24, 2.45) is 0 Å². The third-order valence-corrected chi connectivity index (χ3v) is 3.82. The molecular weight excluding hydrogens is 368 g/mol. The quantitative estimate of drug-likeness (QED) is 0.302. The van der Waals surface area contributed by atoms with Gasteiger partial charge in [-0.15, -0.1) is 0 Å². The van der Waals surface area contributed by atoms with Gasteiger partial charge in [0.25, 0.3) is 0 Å². The van der Waals surface area contributed by atoms with E-state index >= 15 is 0 Å². The van der Waals surface area contributed by atoms with Crippen molar-refractivity contribution in [3.8, 4) is 0 Å². The van der Waals surface area contributed by atoms with E-state index in [1.165, 1.54) is 14.2 Å². The number of hydrogen-bond donors (Lipinski definition) is 4. The number of amides is 4. The van der Waals surface area contributed by atoms with Crippen LogP contribution in [0.15, 0.2) is 0 Å². The molecule has 10 nitrogen and oxygen atoms in total. The normalized spacial score (nSPS) is 9.93. The van der Waals surface area contributed by atoms with Gasteiger partial charge in [-0.25, -0.2) is 9.59 Å². The van der Waals surface area contributed by atoms with Gasteiger partial charge < -0.3 is 30.7 Å². The van der Waals surface area contributed by atoms with Crippen LogP contribution in [0.1, 0.15) is 51.4 Å². The summed E-state index contributed by atoms with van der Waals surface area (Å²) < 4.78 is 8.90. The highest BCUT2D eigenvalue weighted by molar-refractivity contribution is 5.77. The Labute approximate surface area is 166 Å². The Morgan fingerprint density at radius 2 is 0.857 bits per heavy atom. The average molecular weight is 402 g/mol. The predicted octanol–water partition coefficient (Wildman–Crippen LogP) is 1.05. The topological polar surface area (TPSA) is 135 Å². The Hall–Kier alpha value is -2.52. The smallest absolute Gasteiger partial charge is 0.406 e. The lowest BCUT2D eigenvalue weighted by Crippen LogP contribution is -2.27. The van der Waals surface area contributed by atoms with Gasteiger partial charge in [-0.05, 0) is 38.5 Å². The second-order valence-electron chi connectivity index (χ2n) is 6.16. The first kappa shape index (κ1) is 25.5. The summed E-state index contributed by atoms with van der Waals surface area (Å²) in [5.74, 6) is -0.0566. The predicted molar refractivity (Wildman–Crippen MR) is 104 cm³/mol. The fourth-order valence-corrected chi connectivity index (χ4v) is 2.23. The van der Waals surface area contributed by atoms with Crippen molar-refractivity contribution in [2.75, 3.05) is 40.4 Å². The lowest BCUT2D eigenvalue weighted by Gasteiger charge is -2.07. The van der Waals surface area contributed by atoms with Crippen LogP contribution in [-0.4, -0.2) is 64.4 Å². The first-order chi connectivity index (χ1) is 13.5. The molecular formula is C18H34N4O6. The molecule has 0 aromatic carbocycles. The van der Waals surface area contributed by atoms with E-state index in [0.717, 1.165) is 25.7 Å². The number of nitrogens with one attached hydrogen (secondary N) is 4. The number of carbonyl (C=O) groups is 4. The molecule has 0 saturated heterocycles. The maximum Gasteiger partial charge on any atom is 0.406 e. The first-order valence-corrected chi connectivity index (χ1v) is 9.66. The van der Waals surface area contributed by atoms with Crippen LogP contribution < -0.4 is 21.3 Å². The molecule has 0 aliphatic heterocycles. The monoisotopic (exact) mass is 402 g/mol. The summed E-state index contributed by atoms with van der Waals surface area (Å²) in [4.78, 5) is 45.0. The highest BCUT2D eigenvalue weighted by Gasteiger charge is 2.04. The summed E-state index contributed by atoms with van der Waals surface area (Å²) in [6.45, 7) is 2.15. The minimum absolute atomic E-state index is 0.0283. The summed E-state index contributed by atoms with van der Waals surface area (Å²) in [6, 6.07) is 0. The van der Waals surface area contributed by atoms with Crippen molar-refractivity contribution in [3.63, 3.8) is 0 Å². The fourth-order valence-electron chi connectivity index (χ4n) is 2.23. The summed E-state index contributed by atoms with van der Waals surface area (Å²) in [7, 11) is 2.62. The van der Waals surface area contributed by atoms with Crippen molar-refractivity contribution in [3.05, 3.63) is 0 Å². The van der Waals surface area contributed by atoms with Crippen LogP contribution in [0.2, 0.25) is 0 Å². The molecule has 0 aromatic rings. The van der Waals surface area contributed by atoms with Crippen molar-refractivity contribution >= 4 is 24.0 Å². The number of ether oxygens (including phenoxy) is 2. The fraction of sp³-hybridized carbons (Fsp3) is 0.778. The van der Waals surface area contributed by atoms with E-state index < -0.39 is 12.2 Å². The minimum Gasteiger partial charge on any atom is -0.453 e. The molecule has 0 aliphatic rings. The zero-order valence-corrected chi connectivity index (χ0v) is 16.9. The largest absolute Gasteiger partial charge is 0.453 e. The SMILES string of the molecule is COC(=O)NCCCCNC(=O)CCCCC(=O)NCCCCNC(=O)OC. The minimum atomic E-state index is -0.455. The van der Waals surface area contributed by atoms with Crippen LogP contribution in [0, 0.1) is 0 Å². The Bertz CT molecular complexity index is 431. The summed E-state index contributed by atoms with van der Waals surface area (Å²) >= 11 is 0. The molecule has 162 valence electrons. The average Bonchev–Trinajstić information content (AvgIpc) is 2.69. The van der Waals surface area contributed by atoms with Gasteiger partial charge in [0, 0.05) is 39.0 Å². The highest BCUT2D eigenvalue weighted by Crippen LogP contribution is 2.00. The van der Waals surface area contributed by atoms with Crippen molar-refractivity contribution in [1.29, 1.82) is 0 Å². The lowest BCUT2D eigenvalue weighted by atomic mass is 10.1. The highest BCUT2D eigenvalue weighted by atomic mass is 16.5. The zero-order valence-electron chi connectivity index (χ0n) is 16.9. The molecule has 0 bridgehead atoms. The van der Waals surface area contributed by atoms with Crippen LogP contribution in [0.3, 0.4) is 0 Å². The molecule has 0 spiro atoms. The third kappa shape index (κ3) is 16.9. The molecule has 28 heavy (non-hydrogen) atoms. The van der Waals surface area contributed by atoms with Crippen molar-refractivity contribution in [1.82, 2.24) is 21.3 Å². The molecule has 0 atom stereocenters. The molecule has 0 rings (SSSR count). The van der Waals surface area contributed by atoms with Gasteiger partial charge in [-0.2, -0.15) is 0 Å². The van der Waals surface area contributed by atoms with Gasteiger partial charge >= 0.3 is 12.2 Å². The maximum absolute atomic E-state index is 11.7. The molecule has 0 aromatic heterocycles. The first-order valence-electron chi connectivity index (χ1n) is 9.66. The number of unbranched alkanes of at least 4 members (excludes halogenated alkanes) is 3. The van der Waals surface area contributed by atoms with Gasteiger partial charge in [-0.1, -0.05) is 0 Å².